The van der Waals surface area contributed by atoms with Crippen molar-refractivity contribution in [2.75, 3.05) is 17.7 Å². The third-order valence-electron chi connectivity index (χ3n) is 7.91. The van der Waals surface area contributed by atoms with Gasteiger partial charge >= 0.3 is 5.97 Å². The number of fused-ring (bicyclic) bond motifs is 1. The van der Waals surface area contributed by atoms with Crippen molar-refractivity contribution in [1.29, 1.82) is 0 Å². The first-order valence-corrected chi connectivity index (χ1v) is 14.5. The molecule has 0 saturated heterocycles. The number of carboxylic acid groups (broad SMARTS) is 1. The Morgan fingerprint density at radius 3 is 2.36 bits per heavy atom. The Labute approximate surface area is 232 Å². The number of carbonyl (C=O) groups is 1. The van der Waals surface area contributed by atoms with E-state index in [9.17, 15) is 28.5 Å². The van der Waals surface area contributed by atoms with E-state index in [-0.39, 0.29) is 32.4 Å². The summed E-state index contributed by atoms with van der Waals surface area (Å²) in [7, 11) is -3.10. The van der Waals surface area contributed by atoms with Gasteiger partial charge in [-0.1, -0.05) is 55.1 Å². The number of halogens is 1. The number of hydrogen-bond donors (Lipinski definition) is 4. The van der Waals surface area contributed by atoms with E-state index < -0.39 is 33.9 Å². The third-order valence-corrected chi connectivity index (χ3v) is 10.1. The van der Waals surface area contributed by atoms with Crippen LogP contribution < -0.4 is 10.6 Å². The molecular formula is C28H30ClN3O6S. The maximum atomic E-state index is 14.2. The van der Waals surface area contributed by atoms with Gasteiger partial charge in [-0.25, -0.2) is 13.2 Å². The Bertz CT molecular complexity index is 1530. The van der Waals surface area contributed by atoms with E-state index in [1.54, 1.807) is 36.4 Å². The maximum absolute atomic E-state index is 14.2. The van der Waals surface area contributed by atoms with Crippen molar-refractivity contribution >= 4 is 44.7 Å². The van der Waals surface area contributed by atoms with Gasteiger partial charge in [-0.2, -0.15) is 4.31 Å². The minimum absolute atomic E-state index is 0.0559. The van der Waals surface area contributed by atoms with Gasteiger partial charge in [0.05, 0.1) is 16.3 Å². The van der Waals surface area contributed by atoms with E-state index in [0.29, 0.717) is 24.1 Å². The Balaban J connectivity index is 1.78. The number of likely N-dealkylation sites (N-methyl/N-ethyl adjacent to an activating group) is 1. The molecule has 2 atom stereocenters. The predicted molar refractivity (Wildman–Crippen MR) is 149 cm³/mol. The van der Waals surface area contributed by atoms with Gasteiger partial charge in [0.15, 0.2) is 12.0 Å². The summed E-state index contributed by atoms with van der Waals surface area (Å²) in [6, 6.07) is 15.8. The van der Waals surface area contributed by atoms with Gasteiger partial charge in [0.25, 0.3) is 0 Å². The van der Waals surface area contributed by atoms with Crippen molar-refractivity contribution in [1.82, 2.24) is 4.31 Å². The second kappa shape index (κ2) is 10.1. The van der Waals surface area contributed by atoms with Crippen LogP contribution in [0.15, 0.2) is 65.6 Å². The molecule has 39 heavy (non-hydrogen) atoms. The Morgan fingerprint density at radius 1 is 1.05 bits per heavy atom. The lowest BCUT2D eigenvalue weighted by molar-refractivity contribution is -0.177. The van der Waals surface area contributed by atoms with Crippen molar-refractivity contribution in [3.05, 3.63) is 71.2 Å². The standard InChI is InChI=1S/C28H30ClN3O6S/c1-31-28(36,18-8-4-2-5-9-18)27(35)32(19-10-6-3-7-11-19)24-16-22(29)20(15-25(24)39(31,37)38)17-12-13-23(30)21(14-17)26(33)34/h3,6-7,10-16,18,27,35-36H,2,4-5,8-9,30H2,1H3,(H,33,34)/t27?,28-/m1/s1. The highest BCUT2D eigenvalue weighted by molar-refractivity contribution is 7.89. The second-order valence-corrected chi connectivity index (χ2v) is 12.4. The molecule has 11 heteroatoms. The van der Waals surface area contributed by atoms with Gasteiger partial charge in [0.2, 0.25) is 10.0 Å². The number of rotatable bonds is 4. The minimum Gasteiger partial charge on any atom is -0.478 e. The van der Waals surface area contributed by atoms with Crippen molar-refractivity contribution in [2.24, 2.45) is 5.92 Å². The number of benzene rings is 3. The summed E-state index contributed by atoms with van der Waals surface area (Å²) in [6.45, 7) is 0. The van der Waals surface area contributed by atoms with Crippen molar-refractivity contribution in [3.63, 3.8) is 0 Å². The number of para-hydroxylation sites is 1. The Morgan fingerprint density at radius 2 is 1.72 bits per heavy atom. The molecule has 0 spiro atoms. The molecule has 1 aliphatic carbocycles. The molecule has 0 bridgehead atoms. The number of aliphatic hydroxyl groups is 2. The molecule has 3 aromatic carbocycles. The average molecular weight is 572 g/mol. The quantitative estimate of drug-likeness (QED) is 0.331. The first kappa shape index (κ1) is 27.4. The molecule has 0 radical (unpaired) electrons. The topological polar surface area (TPSA) is 144 Å². The van der Waals surface area contributed by atoms with E-state index in [2.05, 4.69) is 0 Å². The molecule has 5 N–H and O–H groups in total. The largest absolute Gasteiger partial charge is 0.478 e. The molecule has 1 fully saturated rings. The Hall–Kier alpha value is -3.15. The molecule has 2 aliphatic rings. The first-order valence-electron chi connectivity index (χ1n) is 12.7. The Kier molecular flexibility index (Phi) is 7.11. The highest BCUT2D eigenvalue weighted by atomic mass is 35.5. The zero-order valence-electron chi connectivity index (χ0n) is 21.3. The van der Waals surface area contributed by atoms with E-state index in [4.69, 9.17) is 17.3 Å². The normalized spacial score (nSPS) is 23.7. The van der Waals surface area contributed by atoms with Gasteiger partial charge in [-0.15, -0.1) is 0 Å². The van der Waals surface area contributed by atoms with Crippen molar-refractivity contribution in [3.8, 4) is 11.1 Å². The first-order chi connectivity index (χ1) is 18.5. The fraction of sp³-hybridized carbons (Fsp3) is 0.321. The number of aromatic carboxylic acids is 1. The maximum Gasteiger partial charge on any atom is 0.337 e. The van der Waals surface area contributed by atoms with Crippen LogP contribution in [0.5, 0.6) is 0 Å². The van der Waals surface area contributed by atoms with Gasteiger partial charge in [0, 0.05) is 29.9 Å². The smallest absolute Gasteiger partial charge is 0.337 e. The fourth-order valence-corrected chi connectivity index (χ4v) is 7.64. The van der Waals surface area contributed by atoms with Crippen LogP contribution in [0.1, 0.15) is 42.5 Å². The SMILES string of the molecule is CN1[C@@](O)(C2CCCCC2)C(O)N(c2ccccc2)c2cc(Cl)c(-c3ccc(N)c(C(=O)O)c3)cc2S1(=O)=O. The zero-order valence-corrected chi connectivity index (χ0v) is 22.9. The molecule has 1 unspecified atom stereocenters. The molecule has 1 heterocycles. The van der Waals surface area contributed by atoms with Crippen LogP contribution in [0.2, 0.25) is 5.02 Å². The van der Waals surface area contributed by atoms with E-state index in [0.717, 1.165) is 23.6 Å². The lowest BCUT2D eigenvalue weighted by Gasteiger charge is -2.47. The number of nitrogens with zero attached hydrogens (tertiary/aromatic N) is 2. The molecule has 3 aromatic rings. The van der Waals surface area contributed by atoms with Gasteiger partial charge in [-0.05, 0) is 54.8 Å². The molecular weight excluding hydrogens is 542 g/mol. The van der Waals surface area contributed by atoms with Gasteiger partial charge < -0.3 is 26.0 Å². The van der Waals surface area contributed by atoms with E-state index in [1.165, 1.54) is 36.2 Å². The summed E-state index contributed by atoms with van der Waals surface area (Å²) in [4.78, 5) is 12.9. The lowest BCUT2D eigenvalue weighted by atomic mass is 9.80. The highest BCUT2D eigenvalue weighted by Crippen LogP contribution is 2.49. The average Bonchev–Trinajstić information content (AvgIpc) is 2.97. The number of anilines is 3. The number of nitrogens with two attached hydrogens (primary N) is 1. The van der Waals surface area contributed by atoms with Crippen LogP contribution in [0.3, 0.4) is 0 Å². The minimum atomic E-state index is -4.39. The van der Waals surface area contributed by atoms with E-state index >= 15 is 0 Å². The van der Waals surface area contributed by atoms with Gasteiger partial charge in [-0.3, -0.25) is 0 Å². The van der Waals surface area contributed by atoms with Crippen LogP contribution in [0.4, 0.5) is 17.1 Å². The highest BCUT2D eigenvalue weighted by Gasteiger charge is 2.56. The number of hydrogen-bond acceptors (Lipinski definition) is 7. The fourth-order valence-electron chi connectivity index (χ4n) is 5.76. The predicted octanol–water partition coefficient (Wildman–Crippen LogP) is 4.65. The summed E-state index contributed by atoms with van der Waals surface area (Å²) in [5.41, 5.74) is 4.77. The number of sulfonamides is 1. The summed E-state index contributed by atoms with van der Waals surface area (Å²) < 4.78 is 29.3. The van der Waals surface area contributed by atoms with Gasteiger partial charge in [0.1, 0.15) is 4.90 Å². The van der Waals surface area contributed by atoms with Crippen LogP contribution in [-0.2, 0) is 10.0 Å². The zero-order chi connectivity index (χ0) is 28.1. The van der Waals surface area contributed by atoms with Crippen LogP contribution in [0, 0.1) is 5.92 Å². The van der Waals surface area contributed by atoms with Crippen molar-refractivity contribution < 1.29 is 28.5 Å². The third kappa shape index (κ3) is 4.46. The van der Waals surface area contributed by atoms with E-state index in [1.807, 2.05) is 0 Å². The summed E-state index contributed by atoms with van der Waals surface area (Å²) in [5.74, 6) is -1.74. The number of nitrogen functional groups attached to an aromatic ring is 1. The second-order valence-electron chi connectivity index (χ2n) is 10.1. The van der Waals surface area contributed by atoms with Crippen molar-refractivity contribution in [2.45, 2.75) is 49.0 Å². The van der Waals surface area contributed by atoms with Crippen LogP contribution in [-0.4, -0.2) is 53.0 Å². The molecule has 0 aromatic heterocycles. The molecule has 5 rings (SSSR count). The monoisotopic (exact) mass is 571 g/mol. The lowest BCUT2D eigenvalue weighted by Crippen LogP contribution is -2.64. The number of carboxylic acids is 1. The molecule has 0 amide bonds. The molecule has 9 nitrogen and oxygen atoms in total. The summed E-state index contributed by atoms with van der Waals surface area (Å²) in [5, 5.41) is 33.7. The van der Waals surface area contributed by atoms with Crippen LogP contribution >= 0.6 is 11.6 Å². The summed E-state index contributed by atoms with van der Waals surface area (Å²) >= 11 is 6.71. The molecule has 206 valence electrons. The van der Waals surface area contributed by atoms with Crippen LogP contribution in [0.25, 0.3) is 11.1 Å². The molecule has 1 aliphatic heterocycles. The summed E-state index contributed by atoms with van der Waals surface area (Å²) in [6.07, 6.45) is 2.06. The molecule has 1 saturated carbocycles. The number of aliphatic hydroxyl groups excluding tert-OH is 1.